The fourth-order valence-electron chi connectivity index (χ4n) is 1.26. The average molecular weight is 180 g/mol. The van der Waals surface area contributed by atoms with Crippen molar-refractivity contribution in [3.8, 4) is 0 Å². The molecule has 1 aromatic rings. The molecule has 0 atom stereocenters. The normalized spacial score (nSPS) is 10.7. The van der Waals surface area contributed by atoms with Gasteiger partial charge in [-0.3, -0.25) is 0 Å². The van der Waals surface area contributed by atoms with Crippen LogP contribution in [0, 0.1) is 0 Å². The van der Waals surface area contributed by atoms with Gasteiger partial charge in [-0.25, -0.2) is 0 Å². The van der Waals surface area contributed by atoms with Crippen LogP contribution in [0.15, 0.2) is 6.07 Å². The number of benzene rings is 1. The van der Waals surface area contributed by atoms with Gasteiger partial charge in [-0.1, -0.05) is 13.8 Å². The van der Waals surface area contributed by atoms with E-state index in [1.807, 2.05) is 13.8 Å². The lowest BCUT2D eigenvalue weighted by atomic mass is 9.98. The lowest BCUT2D eigenvalue weighted by molar-refractivity contribution is 0.871. The zero-order valence-electron chi connectivity index (χ0n) is 7.96. The topological polar surface area (TPSA) is 104 Å². The molecule has 0 fully saturated rings. The summed E-state index contributed by atoms with van der Waals surface area (Å²) in [5, 5.41) is 0. The standard InChI is InChI=1S/C9H16N4/c1-4(2)5-3-6(10)8(12)9(13)7(5)11/h3-4H,10-13H2,1-2H3. The number of nitrogens with two attached hydrogens (primary N) is 4. The Balaban J connectivity index is 3.41. The summed E-state index contributed by atoms with van der Waals surface area (Å²) in [6, 6.07) is 1.78. The van der Waals surface area contributed by atoms with Crippen LogP contribution in [0.5, 0.6) is 0 Å². The van der Waals surface area contributed by atoms with Gasteiger partial charge in [-0.2, -0.15) is 0 Å². The second-order valence-electron chi connectivity index (χ2n) is 3.45. The molecule has 1 aromatic carbocycles. The minimum Gasteiger partial charge on any atom is -0.397 e. The molecule has 1 rings (SSSR count). The molecule has 0 aliphatic heterocycles. The fraction of sp³-hybridized carbons (Fsp3) is 0.333. The van der Waals surface area contributed by atoms with Crippen LogP contribution in [0.25, 0.3) is 0 Å². The van der Waals surface area contributed by atoms with Crippen molar-refractivity contribution in [3.05, 3.63) is 11.6 Å². The SMILES string of the molecule is CC(C)c1cc(N)c(N)c(N)c1N. The number of nitrogen functional groups attached to an aromatic ring is 4. The highest BCUT2D eigenvalue weighted by Gasteiger charge is 2.11. The minimum atomic E-state index is 0.296. The van der Waals surface area contributed by atoms with Crippen LogP contribution in [0.1, 0.15) is 25.3 Å². The summed E-state index contributed by atoms with van der Waals surface area (Å²) in [5.41, 5.74) is 25.5. The maximum absolute atomic E-state index is 5.79. The van der Waals surface area contributed by atoms with Gasteiger partial charge >= 0.3 is 0 Å². The highest BCUT2D eigenvalue weighted by Crippen LogP contribution is 2.35. The van der Waals surface area contributed by atoms with Gasteiger partial charge in [-0.05, 0) is 17.5 Å². The third-order valence-corrected chi connectivity index (χ3v) is 2.14. The van der Waals surface area contributed by atoms with E-state index in [1.54, 1.807) is 6.07 Å². The van der Waals surface area contributed by atoms with Gasteiger partial charge in [0.1, 0.15) is 0 Å². The molecule has 0 saturated carbocycles. The van der Waals surface area contributed by atoms with Gasteiger partial charge in [0.05, 0.1) is 22.7 Å². The summed E-state index contributed by atoms with van der Waals surface area (Å²) in [4.78, 5) is 0. The molecular weight excluding hydrogens is 164 g/mol. The highest BCUT2D eigenvalue weighted by molar-refractivity contribution is 5.88. The maximum atomic E-state index is 5.79. The average Bonchev–Trinajstić information content (AvgIpc) is 2.07. The summed E-state index contributed by atoms with van der Waals surface area (Å²) in [5.74, 6) is 0.296. The Morgan fingerprint density at radius 2 is 1.46 bits per heavy atom. The molecule has 0 saturated heterocycles. The first kappa shape index (κ1) is 9.51. The first-order valence-electron chi connectivity index (χ1n) is 4.18. The molecule has 13 heavy (non-hydrogen) atoms. The van der Waals surface area contributed by atoms with Gasteiger partial charge < -0.3 is 22.9 Å². The van der Waals surface area contributed by atoms with Crippen molar-refractivity contribution in [2.45, 2.75) is 19.8 Å². The Bertz CT molecular complexity index is 331. The number of rotatable bonds is 1. The fourth-order valence-corrected chi connectivity index (χ4v) is 1.26. The van der Waals surface area contributed by atoms with Crippen molar-refractivity contribution < 1.29 is 0 Å². The number of hydrogen-bond donors (Lipinski definition) is 4. The summed E-state index contributed by atoms with van der Waals surface area (Å²) in [6.45, 7) is 4.06. The van der Waals surface area contributed by atoms with E-state index in [-0.39, 0.29) is 0 Å². The molecule has 0 amide bonds. The molecule has 0 aliphatic carbocycles. The minimum absolute atomic E-state index is 0.296. The van der Waals surface area contributed by atoms with E-state index in [9.17, 15) is 0 Å². The van der Waals surface area contributed by atoms with E-state index in [0.717, 1.165) is 5.56 Å². The second-order valence-corrected chi connectivity index (χ2v) is 3.45. The van der Waals surface area contributed by atoms with Gasteiger partial charge in [0.2, 0.25) is 0 Å². The molecule has 0 aliphatic rings. The molecule has 0 bridgehead atoms. The van der Waals surface area contributed by atoms with Gasteiger partial charge in [0.15, 0.2) is 0 Å². The second kappa shape index (κ2) is 3.05. The Hall–Kier alpha value is -1.58. The van der Waals surface area contributed by atoms with Gasteiger partial charge in [-0.15, -0.1) is 0 Å². The highest BCUT2D eigenvalue weighted by atomic mass is 14.8. The lowest BCUT2D eigenvalue weighted by Gasteiger charge is -2.15. The number of hydrogen-bond acceptors (Lipinski definition) is 4. The van der Waals surface area contributed by atoms with Crippen LogP contribution in [0.3, 0.4) is 0 Å². The Morgan fingerprint density at radius 1 is 0.923 bits per heavy atom. The summed E-state index contributed by atoms with van der Waals surface area (Å²) in [7, 11) is 0. The van der Waals surface area contributed by atoms with Crippen molar-refractivity contribution in [2.75, 3.05) is 22.9 Å². The summed E-state index contributed by atoms with van der Waals surface area (Å²) >= 11 is 0. The summed E-state index contributed by atoms with van der Waals surface area (Å²) in [6.07, 6.45) is 0. The molecule has 0 aromatic heterocycles. The zero-order chi connectivity index (χ0) is 10.2. The van der Waals surface area contributed by atoms with Crippen LogP contribution in [-0.2, 0) is 0 Å². The molecule has 0 radical (unpaired) electrons. The van der Waals surface area contributed by atoms with Crippen LogP contribution < -0.4 is 22.9 Å². The van der Waals surface area contributed by atoms with E-state index in [1.165, 1.54) is 0 Å². The van der Waals surface area contributed by atoms with Crippen LogP contribution in [0.4, 0.5) is 22.7 Å². The first-order valence-corrected chi connectivity index (χ1v) is 4.18. The van der Waals surface area contributed by atoms with Crippen LogP contribution >= 0.6 is 0 Å². The molecule has 72 valence electrons. The Labute approximate surface area is 77.9 Å². The van der Waals surface area contributed by atoms with Crippen molar-refractivity contribution in [1.82, 2.24) is 0 Å². The Morgan fingerprint density at radius 3 is 1.92 bits per heavy atom. The van der Waals surface area contributed by atoms with Gasteiger partial charge in [0, 0.05) is 0 Å². The van der Waals surface area contributed by atoms with E-state index in [4.69, 9.17) is 22.9 Å². The van der Waals surface area contributed by atoms with E-state index < -0.39 is 0 Å². The zero-order valence-corrected chi connectivity index (χ0v) is 7.96. The molecule has 4 nitrogen and oxygen atoms in total. The largest absolute Gasteiger partial charge is 0.397 e. The predicted molar refractivity (Wildman–Crippen MR) is 58.2 cm³/mol. The molecule has 8 N–H and O–H groups in total. The smallest absolute Gasteiger partial charge is 0.0805 e. The molecule has 0 heterocycles. The van der Waals surface area contributed by atoms with E-state index >= 15 is 0 Å². The monoisotopic (exact) mass is 180 g/mol. The molecule has 4 heteroatoms. The molecule has 0 spiro atoms. The van der Waals surface area contributed by atoms with Crippen molar-refractivity contribution in [2.24, 2.45) is 0 Å². The Kier molecular flexibility index (Phi) is 2.23. The third-order valence-electron chi connectivity index (χ3n) is 2.14. The molecular formula is C9H16N4. The lowest BCUT2D eigenvalue weighted by Crippen LogP contribution is -2.07. The van der Waals surface area contributed by atoms with E-state index in [0.29, 0.717) is 28.7 Å². The molecule has 0 unspecified atom stereocenters. The van der Waals surface area contributed by atoms with E-state index in [2.05, 4.69) is 0 Å². The summed E-state index contributed by atoms with van der Waals surface area (Å²) < 4.78 is 0. The van der Waals surface area contributed by atoms with Crippen molar-refractivity contribution >= 4 is 22.7 Å². The van der Waals surface area contributed by atoms with Crippen molar-refractivity contribution in [1.29, 1.82) is 0 Å². The third kappa shape index (κ3) is 1.47. The van der Waals surface area contributed by atoms with Crippen LogP contribution in [-0.4, -0.2) is 0 Å². The predicted octanol–water partition coefficient (Wildman–Crippen LogP) is 1.14. The first-order chi connectivity index (χ1) is 5.95. The van der Waals surface area contributed by atoms with Crippen molar-refractivity contribution in [3.63, 3.8) is 0 Å². The van der Waals surface area contributed by atoms with Gasteiger partial charge in [0.25, 0.3) is 0 Å². The van der Waals surface area contributed by atoms with Crippen LogP contribution in [0.2, 0.25) is 0 Å². The number of anilines is 4. The quantitative estimate of drug-likeness (QED) is 0.486. The maximum Gasteiger partial charge on any atom is 0.0805 e.